The van der Waals surface area contributed by atoms with E-state index in [4.69, 9.17) is 4.74 Å². The van der Waals surface area contributed by atoms with E-state index in [9.17, 15) is 4.79 Å². The summed E-state index contributed by atoms with van der Waals surface area (Å²) in [5.74, 6) is 1.63. The standard InChI is InChI=1S/C25H29N3O2/c1-18(19-8-9-21-16-23(30-2)11-10-20(21)15-19)25(29)27-17-22-7-6-12-26-24(22)28-13-4-3-5-14-28/h6-12,15-16,18H,3-5,13-14,17H2,1-2H3,(H,27,29)/t18-/m0/s1. The lowest BCUT2D eigenvalue weighted by Gasteiger charge is -2.29. The van der Waals surface area contributed by atoms with Gasteiger partial charge in [0, 0.05) is 31.4 Å². The fraction of sp³-hybridized carbons (Fsp3) is 0.360. The number of ether oxygens (including phenoxy) is 1. The zero-order chi connectivity index (χ0) is 20.9. The maximum absolute atomic E-state index is 12.9. The molecule has 5 nitrogen and oxygen atoms in total. The van der Waals surface area contributed by atoms with Crippen molar-refractivity contribution in [3.8, 4) is 5.75 Å². The van der Waals surface area contributed by atoms with E-state index < -0.39 is 0 Å². The molecule has 5 heteroatoms. The molecule has 1 atom stereocenters. The van der Waals surface area contributed by atoms with Gasteiger partial charge in [-0.1, -0.05) is 30.3 Å². The normalized spacial score (nSPS) is 15.1. The first-order valence-corrected chi connectivity index (χ1v) is 10.7. The van der Waals surface area contributed by atoms with E-state index in [1.165, 1.54) is 19.3 Å². The number of pyridine rings is 1. The zero-order valence-corrected chi connectivity index (χ0v) is 17.7. The van der Waals surface area contributed by atoms with E-state index in [-0.39, 0.29) is 11.8 Å². The van der Waals surface area contributed by atoms with Crippen LogP contribution in [0.3, 0.4) is 0 Å². The van der Waals surface area contributed by atoms with E-state index in [0.717, 1.165) is 46.6 Å². The maximum Gasteiger partial charge on any atom is 0.227 e. The molecule has 4 rings (SSSR count). The molecular formula is C25H29N3O2. The minimum atomic E-state index is -0.230. The summed E-state index contributed by atoms with van der Waals surface area (Å²) in [5, 5.41) is 5.33. The zero-order valence-electron chi connectivity index (χ0n) is 17.7. The number of rotatable bonds is 6. The first kappa shape index (κ1) is 20.2. The minimum Gasteiger partial charge on any atom is -0.497 e. The van der Waals surface area contributed by atoms with Gasteiger partial charge in [-0.15, -0.1) is 0 Å². The van der Waals surface area contributed by atoms with Gasteiger partial charge in [-0.05, 0) is 60.7 Å². The smallest absolute Gasteiger partial charge is 0.227 e. The van der Waals surface area contributed by atoms with Crippen molar-refractivity contribution in [2.75, 3.05) is 25.1 Å². The van der Waals surface area contributed by atoms with Gasteiger partial charge in [0.2, 0.25) is 5.91 Å². The summed E-state index contributed by atoms with van der Waals surface area (Å²) < 4.78 is 5.29. The molecule has 0 unspecified atom stereocenters. The van der Waals surface area contributed by atoms with Gasteiger partial charge in [-0.3, -0.25) is 4.79 Å². The summed E-state index contributed by atoms with van der Waals surface area (Å²) in [6.07, 6.45) is 5.52. The minimum absolute atomic E-state index is 0.0244. The Hall–Kier alpha value is -3.08. The predicted molar refractivity (Wildman–Crippen MR) is 121 cm³/mol. The second-order valence-electron chi connectivity index (χ2n) is 7.95. The number of methoxy groups -OCH3 is 1. The van der Waals surface area contributed by atoms with Crippen LogP contribution in [-0.4, -0.2) is 31.1 Å². The fourth-order valence-electron chi connectivity index (χ4n) is 4.08. The number of hydrogen-bond acceptors (Lipinski definition) is 4. The lowest BCUT2D eigenvalue weighted by Crippen LogP contribution is -2.33. The summed E-state index contributed by atoms with van der Waals surface area (Å²) >= 11 is 0. The van der Waals surface area contributed by atoms with Gasteiger partial charge in [-0.2, -0.15) is 0 Å². The molecule has 3 aromatic rings. The third-order valence-corrected chi connectivity index (χ3v) is 5.94. The molecule has 1 N–H and O–H groups in total. The van der Waals surface area contributed by atoms with Gasteiger partial charge in [0.25, 0.3) is 0 Å². The van der Waals surface area contributed by atoms with Crippen molar-refractivity contribution in [1.82, 2.24) is 10.3 Å². The Bertz CT molecular complexity index is 1030. The molecular weight excluding hydrogens is 374 g/mol. The van der Waals surface area contributed by atoms with Crippen molar-refractivity contribution in [2.45, 2.75) is 38.6 Å². The Kier molecular flexibility index (Phi) is 6.17. The third kappa shape index (κ3) is 4.40. The summed E-state index contributed by atoms with van der Waals surface area (Å²) in [4.78, 5) is 19.8. The van der Waals surface area contributed by atoms with Crippen LogP contribution in [0.25, 0.3) is 10.8 Å². The van der Waals surface area contributed by atoms with Gasteiger partial charge >= 0.3 is 0 Å². The number of hydrogen-bond donors (Lipinski definition) is 1. The number of piperidine rings is 1. The van der Waals surface area contributed by atoms with Crippen LogP contribution in [0, 0.1) is 0 Å². The van der Waals surface area contributed by atoms with Crippen molar-refractivity contribution >= 4 is 22.5 Å². The highest BCUT2D eigenvalue weighted by molar-refractivity contribution is 5.88. The largest absolute Gasteiger partial charge is 0.497 e. The lowest BCUT2D eigenvalue weighted by atomic mass is 9.97. The third-order valence-electron chi connectivity index (χ3n) is 5.94. The van der Waals surface area contributed by atoms with E-state index in [1.807, 2.05) is 49.5 Å². The summed E-state index contributed by atoms with van der Waals surface area (Å²) in [6.45, 7) is 4.52. The highest BCUT2D eigenvalue weighted by Gasteiger charge is 2.18. The SMILES string of the molecule is COc1ccc2cc([C@H](C)C(=O)NCc3cccnc3N3CCCCC3)ccc2c1. The molecule has 0 aliphatic carbocycles. The van der Waals surface area contributed by atoms with Crippen LogP contribution >= 0.6 is 0 Å². The number of carbonyl (C=O) groups excluding carboxylic acids is 1. The quantitative estimate of drug-likeness (QED) is 0.651. The Labute approximate surface area is 178 Å². The van der Waals surface area contributed by atoms with Crippen molar-refractivity contribution in [3.63, 3.8) is 0 Å². The number of nitrogens with one attached hydrogen (secondary N) is 1. The summed E-state index contributed by atoms with van der Waals surface area (Å²) in [5.41, 5.74) is 2.08. The number of nitrogens with zero attached hydrogens (tertiary/aromatic N) is 2. The van der Waals surface area contributed by atoms with Crippen LogP contribution in [0.15, 0.2) is 54.7 Å². The van der Waals surface area contributed by atoms with Crippen molar-refractivity contribution in [1.29, 1.82) is 0 Å². The molecule has 2 heterocycles. The summed E-state index contributed by atoms with van der Waals surface area (Å²) in [7, 11) is 1.67. The number of fused-ring (bicyclic) bond motifs is 1. The average Bonchev–Trinajstić information content (AvgIpc) is 2.82. The van der Waals surface area contributed by atoms with Crippen LogP contribution in [0.2, 0.25) is 0 Å². The molecule has 0 spiro atoms. The number of carbonyl (C=O) groups is 1. The lowest BCUT2D eigenvalue weighted by molar-refractivity contribution is -0.122. The predicted octanol–water partition coefficient (Wildman–Crippen LogP) is 4.65. The Morgan fingerprint density at radius 1 is 1.10 bits per heavy atom. The van der Waals surface area contributed by atoms with Gasteiger partial charge in [0.1, 0.15) is 11.6 Å². The first-order valence-electron chi connectivity index (χ1n) is 10.7. The van der Waals surface area contributed by atoms with Crippen LogP contribution in [0.5, 0.6) is 5.75 Å². The fourth-order valence-corrected chi connectivity index (χ4v) is 4.08. The average molecular weight is 404 g/mol. The van der Waals surface area contributed by atoms with Crippen LogP contribution in [0.1, 0.15) is 43.2 Å². The monoisotopic (exact) mass is 403 g/mol. The highest BCUT2D eigenvalue weighted by Crippen LogP contribution is 2.26. The molecule has 30 heavy (non-hydrogen) atoms. The molecule has 2 aromatic carbocycles. The van der Waals surface area contributed by atoms with Crippen LogP contribution in [0.4, 0.5) is 5.82 Å². The van der Waals surface area contributed by atoms with E-state index in [0.29, 0.717) is 6.54 Å². The Morgan fingerprint density at radius 3 is 2.67 bits per heavy atom. The number of amides is 1. The molecule has 0 saturated carbocycles. The topological polar surface area (TPSA) is 54.5 Å². The molecule has 0 bridgehead atoms. The number of aromatic nitrogens is 1. The van der Waals surface area contributed by atoms with E-state index >= 15 is 0 Å². The van der Waals surface area contributed by atoms with Gasteiger partial charge < -0.3 is 15.0 Å². The Balaban J connectivity index is 1.45. The Morgan fingerprint density at radius 2 is 1.87 bits per heavy atom. The second-order valence-corrected chi connectivity index (χ2v) is 7.95. The van der Waals surface area contributed by atoms with Crippen LogP contribution in [-0.2, 0) is 11.3 Å². The van der Waals surface area contributed by atoms with E-state index in [2.05, 4.69) is 27.3 Å². The van der Waals surface area contributed by atoms with Gasteiger partial charge in [0.05, 0.1) is 13.0 Å². The molecule has 1 amide bonds. The molecule has 1 aromatic heterocycles. The van der Waals surface area contributed by atoms with Gasteiger partial charge in [-0.25, -0.2) is 4.98 Å². The second kappa shape index (κ2) is 9.16. The van der Waals surface area contributed by atoms with Crippen molar-refractivity contribution < 1.29 is 9.53 Å². The molecule has 1 saturated heterocycles. The summed E-state index contributed by atoms with van der Waals surface area (Å²) in [6, 6.07) is 16.1. The molecule has 1 aliphatic heterocycles. The van der Waals surface area contributed by atoms with Crippen LogP contribution < -0.4 is 15.0 Å². The maximum atomic E-state index is 12.9. The molecule has 1 aliphatic rings. The van der Waals surface area contributed by atoms with Crippen molar-refractivity contribution in [3.05, 3.63) is 65.9 Å². The highest BCUT2D eigenvalue weighted by atomic mass is 16.5. The van der Waals surface area contributed by atoms with Gasteiger partial charge in [0.15, 0.2) is 0 Å². The molecule has 156 valence electrons. The molecule has 1 fully saturated rings. The number of anilines is 1. The first-order chi connectivity index (χ1) is 14.7. The van der Waals surface area contributed by atoms with Crippen molar-refractivity contribution in [2.24, 2.45) is 0 Å². The van der Waals surface area contributed by atoms with E-state index in [1.54, 1.807) is 7.11 Å². The molecule has 0 radical (unpaired) electrons. The number of benzene rings is 2.